The molecule has 0 saturated heterocycles. The van der Waals surface area contributed by atoms with Gasteiger partial charge in [0.1, 0.15) is 5.82 Å². The van der Waals surface area contributed by atoms with Crippen LogP contribution in [0.1, 0.15) is 27.3 Å². The first-order valence-corrected chi connectivity index (χ1v) is 8.88. The summed E-state index contributed by atoms with van der Waals surface area (Å²) < 4.78 is 20.0. The Kier molecular flexibility index (Phi) is 5.89. The SMILES string of the molecule is Cc1cc(C(=O)OCC(=O)NCc2ccc(F)cc2)c(C)n1-c1ccccc1. The molecule has 0 fully saturated rings. The van der Waals surface area contributed by atoms with E-state index in [1.54, 1.807) is 18.2 Å². The second kappa shape index (κ2) is 8.52. The molecule has 1 heterocycles. The van der Waals surface area contributed by atoms with Gasteiger partial charge >= 0.3 is 5.97 Å². The van der Waals surface area contributed by atoms with Gasteiger partial charge < -0.3 is 14.6 Å². The largest absolute Gasteiger partial charge is 0.452 e. The van der Waals surface area contributed by atoms with Gasteiger partial charge in [-0.2, -0.15) is 0 Å². The van der Waals surface area contributed by atoms with E-state index in [2.05, 4.69) is 5.32 Å². The predicted molar refractivity (Wildman–Crippen MR) is 104 cm³/mol. The highest BCUT2D eigenvalue weighted by Crippen LogP contribution is 2.21. The first-order valence-electron chi connectivity index (χ1n) is 8.88. The van der Waals surface area contributed by atoms with E-state index in [1.165, 1.54) is 12.1 Å². The van der Waals surface area contributed by atoms with Crippen molar-refractivity contribution in [3.05, 3.63) is 89.0 Å². The zero-order valence-electron chi connectivity index (χ0n) is 15.7. The Hall–Kier alpha value is -3.41. The Morgan fingerprint density at radius 1 is 1.04 bits per heavy atom. The van der Waals surface area contributed by atoms with E-state index >= 15 is 0 Å². The van der Waals surface area contributed by atoms with E-state index in [4.69, 9.17) is 4.74 Å². The number of nitrogens with one attached hydrogen (secondary N) is 1. The number of hydrogen-bond acceptors (Lipinski definition) is 3. The Bertz CT molecular complexity index is 979. The van der Waals surface area contributed by atoms with Gasteiger partial charge in [0.15, 0.2) is 6.61 Å². The van der Waals surface area contributed by atoms with Crippen LogP contribution in [0, 0.1) is 19.7 Å². The normalized spacial score (nSPS) is 10.5. The first kappa shape index (κ1) is 19.4. The summed E-state index contributed by atoms with van der Waals surface area (Å²) in [4.78, 5) is 24.4. The molecule has 28 heavy (non-hydrogen) atoms. The Balaban J connectivity index is 1.59. The highest BCUT2D eigenvalue weighted by atomic mass is 19.1. The van der Waals surface area contributed by atoms with Crippen molar-refractivity contribution in [2.75, 3.05) is 6.61 Å². The molecular weight excluding hydrogens is 359 g/mol. The third-order valence-corrected chi connectivity index (χ3v) is 4.40. The second-order valence-corrected chi connectivity index (χ2v) is 6.44. The van der Waals surface area contributed by atoms with Crippen molar-refractivity contribution in [2.24, 2.45) is 0 Å². The fraction of sp³-hybridized carbons (Fsp3) is 0.182. The number of benzene rings is 2. The molecule has 0 saturated carbocycles. The number of rotatable bonds is 6. The van der Waals surface area contributed by atoms with Crippen molar-refractivity contribution < 1.29 is 18.7 Å². The van der Waals surface area contributed by atoms with Crippen molar-refractivity contribution in [2.45, 2.75) is 20.4 Å². The molecule has 1 aromatic heterocycles. The number of carbonyl (C=O) groups is 2. The van der Waals surface area contributed by atoms with Crippen molar-refractivity contribution in [1.29, 1.82) is 0 Å². The molecule has 2 aromatic carbocycles. The van der Waals surface area contributed by atoms with Gasteiger partial charge in [0, 0.05) is 23.6 Å². The minimum Gasteiger partial charge on any atom is -0.452 e. The Morgan fingerprint density at radius 2 is 1.71 bits per heavy atom. The van der Waals surface area contributed by atoms with Crippen LogP contribution in [0.25, 0.3) is 5.69 Å². The first-order chi connectivity index (χ1) is 13.5. The summed E-state index contributed by atoms with van der Waals surface area (Å²) in [6.45, 7) is 3.60. The van der Waals surface area contributed by atoms with Crippen molar-refractivity contribution in [1.82, 2.24) is 9.88 Å². The van der Waals surface area contributed by atoms with Gasteiger partial charge in [-0.3, -0.25) is 4.79 Å². The van der Waals surface area contributed by atoms with Gasteiger partial charge in [-0.05, 0) is 49.7 Å². The molecule has 0 radical (unpaired) electrons. The molecule has 3 rings (SSSR count). The highest BCUT2D eigenvalue weighted by molar-refractivity contribution is 5.93. The predicted octanol–water partition coefficient (Wildman–Crippen LogP) is 3.71. The van der Waals surface area contributed by atoms with Crippen molar-refractivity contribution in [3.8, 4) is 5.69 Å². The molecule has 144 valence electrons. The van der Waals surface area contributed by atoms with Crippen LogP contribution in [0.4, 0.5) is 4.39 Å². The summed E-state index contributed by atoms with van der Waals surface area (Å²) in [5.74, 6) is -1.31. The summed E-state index contributed by atoms with van der Waals surface area (Å²) >= 11 is 0. The van der Waals surface area contributed by atoms with Gasteiger partial charge in [-0.25, -0.2) is 9.18 Å². The number of halogens is 1. The molecule has 5 nitrogen and oxygen atoms in total. The average Bonchev–Trinajstić information content (AvgIpc) is 3.00. The summed E-state index contributed by atoms with van der Waals surface area (Å²) in [6.07, 6.45) is 0. The minimum atomic E-state index is -0.549. The second-order valence-electron chi connectivity index (χ2n) is 6.44. The van der Waals surface area contributed by atoms with E-state index in [0.29, 0.717) is 5.56 Å². The van der Waals surface area contributed by atoms with Crippen LogP contribution in [-0.4, -0.2) is 23.1 Å². The lowest BCUT2D eigenvalue weighted by Crippen LogP contribution is -2.28. The highest BCUT2D eigenvalue weighted by Gasteiger charge is 2.18. The average molecular weight is 380 g/mol. The number of ether oxygens (including phenoxy) is 1. The summed E-state index contributed by atoms with van der Waals surface area (Å²) in [6, 6.07) is 17.3. The van der Waals surface area contributed by atoms with Gasteiger partial charge in [-0.15, -0.1) is 0 Å². The van der Waals surface area contributed by atoms with Crippen LogP contribution in [0.3, 0.4) is 0 Å². The van der Waals surface area contributed by atoms with Crippen molar-refractivity contribution >= 4 is 11.9 Å². The zero-order chi connectivity index (χ0) is 20.1. The number of nitrogens with zero attached hydrogens (tertiary/aromatic N) is 1. The maximum absolute atomic E-state index is 12.9. The molecule has 0 atom stereocenters. The van der Waals surface area contributed by atoms with Crippen LogP contribution >= 0.6 is 0 Å². The van der Waals surface area contributed by atoms with Crippen LogP contribution in [-0.2, 0) is 16.1 Å². The van der Waals surface area contributed by atoms with Gasteiger partial charge in [0.25, 0.3) is 5.91 Å². The zero-order valence-corrected chi connectivity index (χ0v) is 15.7. The monoisotopic (exact) mass is 380 g/mol. The molecule has 0 unspecified atom stereocenters. The van der Waals surface area contributed by atoms with Crippen LogP contribution in [0.5, 0.6) is 0 Å². The lowest BCUT2D eigenvalue weighted by atomic mass is 10.2. The van der Waals surface area contributed by atoms with Gasteiger partial charge in [0.2, 0.25) is 0 Å². The summed E-state index contributed by atoms with van der Waals surface area (Å²) in [7, 11) is 0. The lowest BCUT2D eigenvalue weighted by molar-refractivity contribution is -0.124. The smallest absolute Gasteiger partial charge is 0.340 e. The molecule has 1 N–H and O–H groups in total. The number of amides is 1. The molecule has 0 aliphatic carbocycles. The third-order valence-electron chi connectivity index (χ3n) is 4.40. The van der Waals surface area contributed by atoms with E-state index in [9.17, 15) is 14.0 Å². The van der Waals surface area contributed by atoms with Crippen LogP contribution in [0.2, 0.25) is 0 Å². The van der Waals surface area contributed by atoms with Crippen LogP contribution in [0.15, 0.2) is 60.7 Å². The number of aryl methyl sites for hydroxylation is 1. The molecular formula is C22H21FN2O3. The minimum absolute atomic E-state index is 0.235. The maximum Gasteiger partial charge on any atom is 0.340 e. The van der Waals surface area contributed by atoms with E-state index in [1.807, 2.05) is 48.7 Å². The Morgan fingerprint density at radius 3 is 2.39 bits per heavy atom. The number of carbonyl (C=O) groups excluding carboxylic acids is 2. The molecule has 0 bridgehead atoms. The quantitative estimate of drug-likeness (QED) is 0.663. The molecule has 0 aliphatic heterocycles. The molecule has 6 heteroatoms. The number of hydrogen-bond donors (Lipinski definition) is 1. The number of aromatic nitrogens is 1. The van der Waals surface area contributed by atoms with Gasteiger partial charge in [-0.1, -0.05) is 30.3 Å². The summed E-state index contributed by atoms with van der Waals surface area (Å²) in [5, 5.41) is 2.64. The lowest BCUT2D eigenvalue weighted by Gasteiger charge is -2.10. The number of esters is 1. The topological polar surface area (TPSA) is 60.3 Å². The maximum atomic E-state index is 12.9. The standard InChI is InChI=1S/C22H21FN2O3/c1-15-12-20(16(2)25(15)19-6-4-3-5-7-19)22(27)28-14-21(26)24-13-17-8-10-18(23)11-9-17/h3-12H,13-14H2,1-2H3,(H,24,26). The molecule has 3 aromatic rings. The number of para-hydroxylation sites is 1. The molecule has 0 aliphatic rings. The fourth-order valence-corrected chi connectivity index (χ4v) is 3.01. The van der Waals surface area contributed by atoms with Crippen LogP contribution < -0.4 is 5.32 Å². The van der Waals surface area contributed by atoms with E-state index in [-0.39, 0.29) is 19.0 Å². The third kappa shape index (κ3) is 4.46. The molecule has 0 spiro atoms. The molecule has 1 amide bonds. The Labute approximate surface area is 162 Å². The van der Waals surface area contributed by atoms with E-state index in [0.717, 1.165) is 22.6 Å². The summed E-state index contributed by atoms with van der Waals surface area (Å²) in [5.41, 5.74) is 3.78. The van der Waals surface area contributed by atoms with Gasteiger partial charge in [0.05, 0.1) is 5.56 Å². The van der Waals surface area contributed by atoms with Crippen molar-refractivity contribution in [3.63, 3.8) is 0 Å². The van der Waals surface area contributed by atoms with E-state index < -0.39 is 11.9 Å². The fourth-order valence-electron chi connectivity index (χ4n) is 3.01.